The van der Waals surface area contributed by atoms with Crippen molar-refractivity contribution >= 4 is 11.9 Å². The van der Waals surface area contributed by atoms with Gasteiger partial charge in [0.1, 0.15) is 0 Å². The molecule has 74 valence electrons. The SMILES string of the molecule is C=C(C(N)=O)C(C)C.C=CC(=O)[O-].[Na+]. The molecule has 0 aromatic carbocycles. The van der Waals surface area contributed by atoms with E-state index in [1.165, 1.54) is 0 Å². The van der Waals surface area contributed by atoms with Crippen LogP contribution in [0.15, 0.2) is 24.8 Å². The topological polar surface area (TPSA) is 83.2 Å². The number of carbonyl (C=O) groups excluding carboxylic acids is 2. The number of aliphatic carboxylic acids is 1. The molecular formula is C9H14NNaO3. The number of carbonyl (C=O) groups is 2. The van der Waals surface area contributed by atoms with Gasteiger partial charge in [-0.1, -0.05) is 27.0 Å². The van der Waals surface area contributed by atoms with Gasteiger partial charge in [-0.25, -0.2) is 0 Å². The molecule has 0 aromatic rings. The molecule has 0 atom stereocenters. The summed E-state index contributed by atoms with van der Waals surface area (Å²) in [6, 6.07) is 0. The first-order chi connectivity index (χ1) is 5.82. The van der Waals surface area contributed by atoms with Gasteiger partial charge in [-0.15, -0.1) is 0 Å². The molecule has 14 heavy (non-hydrogen) atoms. The van der Waals surface area contributed by atoms with Crippen LogP contribution in [0.5, 0.6) is 0 Å². The molecule has 0 saturated carbocycles. The van der Waals surface area contributed by atoms with Gasteiger partial charge < -0.3 is 15.6 Å². The molecule has 0 bridgehead atoms. The fourth-order valence-electron chi connectivity index (χ4n) is 0.285. The minimum atomic E-state index is -1.23. The molecule has 4 nitrogen and oxygen atoms in total. The normalized spacial score (nSPS) is 7.64. The van der Waals surface area contributed by atoms with Crippen LogP contribution in [0.25, 0.3) is 0 Å². The summed E-state index contributed by atoms with van der Waals surface area (Å²) in [7, 11) is 0. The molecule has 0 unspecified atom stereocenters. The zero-order chi connectivity index (χ0) is 11.0. The van der Waals surface area contributed by atoms with Crippen LogP contribution < -0.4 is 40.4 Å². The Hall–Kier alpha value is -0.580. The van der Waals surface area contributed by atoms with E-state index in [2.05, 4.69) is 13.2 Å². The summed E-state index contributed by atoms with van der Waals surface area (Å²) in [4.78, 5) is 19.4. The number of carboxylic acid groups (broad SMARTS) is 1. The van der Waals surface area contributed by atoms with Gasteiger partial charge in [-0.3, -0.25) is 4.79 Å². The van der Waals surface area contributed by atoms with E-state index in [9.17, 15) is 4.79 Å². The van der Waals surface area contributed by atoms with Crippen molar-refractivity contribution in [3.8, 4) is 0 Å². The smallest absolute Gasteiger partial charge is 0.545 e. The average molecular weight is 207 g/mol. The molecule has 0 fully saturated rings. The molecule has 0 aliphatic carbocycles. The molecule has 1 amide bonds. The van der Waals surface area contributed by atoms with Crippen molar-refractivity contribution in [1.82, 2.24) is 0 Å². The van der Waals surface area contributed by atoms with E-state index in [4.69, 9.17) is 15.6 Å². The minimum Gasteiger partial charge on any atom is -0.545 e. The second-order valence-electron chi connectivity index (χ2n) is 2.57. The first-order valence-electron chi connectivity index (χ1n) is 3.64. The van der Waals surface area contributed by atoms with Gasteiger partial charge in [0, 0.05) is 5.57 Å². The maximum absolute atomic E-state index is 10.3. The van der Waals surface area contributed by atoms with Crippen molar-refractivity contribution in [2.75, 3.05) is 0 Å². The first kappa shape index (κ1) is 19.1. The van der Waals surface area contributed by atoms with Gasteiger partial charge >= 0.3 is 29.6 Å². The number of primary amides is 1. The summed E-state index contributed by atoms with van der Waals surface area (Å²) < 4.78 is 0. The van der Waals surface area contributed by atoms with Gasteiger partial charge in [0.2, 0.25) is 5.91 Å². The summed E-state index contributed by atoms with van der Waals surface area (Å²) >= 11 is 0. The van der Waals surface area contributed by atoms with Crippen LogP contribution >= 0.6 is 0 Å². The van der Waals surface area contributed by atoms with Gasteiger partial charge in [0.05, 0.1) is 5.97 Å². The molecule has 0 aromatic heterocycles. The summed E-state index contributed by atoms with van der Waals surface area (Å²) in [5, 5.41) is 9.14. The van der Waals surface area contributed by atoms with Crippen LogP contribution in [0.2, 0.25) is 0 Å². The Morgan fingerprint density at radius 3 is 1.71 bits per heavy atom. The number of carboxylic acids is 1. The number of hydrogen-bond donors (Lipinski definition) is 1. The largest absolute Gasteiger partial charge is 1.00 e. The summed E-state index contributed by atoms with van der Waals surface area (Å²) in [6.45, 7) is 10.1. The molecule has 0 heterocycles. The van der Waals surface area contributed by atoms with Crippen LogP contribution in [-0.4, -0.2) is 11.9 Å². The van der Waals surface area contributed by atoms with Gasteiger partial charge in [-0.2, -0.15) is 0 Å². The minimum absolute atomic E-state index is 0. The maximum atomic E-state index is 10.3. The number of rotatable bonds is 3. The Morgan fingerprint density at radius 2 is 1.71 bits per heavy atom. The maximum Gasteiger partial charge on any atom is 1.00 e. The van der Waals surface area contributed by atoms with E-state index < -0.39 is 11.9 Å². The van der Waals surface area contributed by atoms with E-state index in [1.807, 2.05) is 13.8 Å². The average Bonchev–Trinajstić information content (AvgIpc) is 2.03. The van der Waals surface area contributed by atoms with Crippen LogP contribution in [-0.2, 0) is 9.59 Å². The predicted octanol–water partition coefficient (Wildman–Crippen LogP) is -3.39. The van der Waals surface area contributed by atoms with Gasteiger partial charge in [-0.05, 0) is 12.0 Å². The summed E-state index contributed by atoms with van der Waals surface area (Å²) in [5.41, 5.74) is 5.39. The van der Waals surface area contributed by atoms with Crippen molar-refractivity contribution in [3.05, 3.63) is 24.8 Å². The Balaban J connectivity index is -0.000000177. The van der Waals surface area contributed by atoms with Crippen LogP contribution in [0.3, 0.4) is 0 Å². The second-order valence-corrected chi connectivity index (χ2v) is 2.57. The second kappa shape index (κ2) is 10.5. The molecule has 0 aliphatic heterocycles. The monoisotopic (exact) mass is 207 g/mol. The molecule has 0 radical (unpaired) electrons. The molecule has 0 aliphatic rings. The third kappa shape index (κ3) is 14.0. The Labute approximate surface area is 106 Å². The first-order valence-corrected chi connectivity index (χ1v) is 3.64. The Morgan fingerprint density at radius 1 is 1.43 bits per heavy atom. The van der Waals surface area contributed by atoms with Crippen LogP contribution in [0.4, 0.5) is 0 Å². The molecule has 5 heteroatoms. The van der Waals surface area contributed by atoms with E-state index in [1.54, 1.807) is 0 Å². The Bertz CT molecular complexity index is 224. The quantitative estimate of drug-likeness (QED) is 0.387. The van der Waals surface area contributed by atoms with Crippen molar-refractivity contribution in [2.24, 2.45) is 11.7 Å². The van der Waals surface area contributed by atoms with Crippen molar-refractivity contribution in [1.29, 1.82) is 0 Å². The molecular weight excluding hydrogens is 193 g/mol. The third-order valence-corrected chi connectivity index (χ3v) is 1.18. The summed E-state index contributed by atoms with van der Waals surface area (Å²) in [5.74, 6) is -1.46. The van der Waals surface area contributed by atoms with E-state index in [0.29, 0.717) is 5.57 Å². The predicted molar refractivity (Wildman–Crippen MR) is 48.4 cm³/mol. The van der Waals surface area contributed by atoms with E-state index in [0.717, 1.165) is 6.08 Å². The molecule has 0 saturated heterocycles. The fourth-order valence-corrected chi connectivity index (χ4v) is 0.285. The van der Waals surface area contributed by atoms with Crippen molar-refractivity contribution < 1.29 is 44.3 Å². The number of nitrogens with two attached hydrogens (primary N) is 1. The molecule has 0 spiro atoms. The van der Waals surface area contributed by atoms with Gasteiger partial charge in [0.25, 0.3) is 0 Å². The zero-order valence-electron chi connectivity index (χ0n) is 8.87. The van der Waals surface area contributed by atoms with E-state index >= 15 is 0 Å². The van der Waals surface area contributed by atoms with Crippen molar-refractivity contribution in [3.63, 3.8) is 0 Å². The van der Waals surface area contributed by atoms with Crippen LogP contribution in [0.1, 0.15) is 13.8 Å². The fraction of sp³-hybridized carbons (Fsp3) is 0.333. The van der Waals surface area contributed by atoms with Crippen LogP contribution in [0, 0.1) is 5.92 Å². The third-order valence-electron chi connectivity index (χ3n) is 1.18. The Kier molecular flexibility index (Phi) is 14.3. The summed E-state index contributed by atoms with van der Waals surface area (Å²) in [6.07, 6.45) is 0.722. The standard InChI is InChI=1S/C6H11NO.C3H4O2.Na/c1-4(2)5(3)6(7)8;1-2-3(4)5;/h4H,3H2,1-2H3,(H2,7,8);2H,1H2,(H,4,5);/q;;+1/p-1. The molecule has 2 N–H and O–H groups in total. The molecule has 0 rings (SSSR count). The zero-order valence-corrected chi connectivity index (χ0v) is 10.9. The number of hydrogen-bond acceptors (Lipinski definition) is 3. The number of amides is 1. The van der Waals surface area contributed by atoms with E-state index in [-0.39, 0.29) is 35.5 Å². The van der Waals surface area contributed by atoms with Crippen molar-refractivity contribution in [2.45, 2.75) is 13.8 Å². The van der Waals surface area contributed by atoms with Gasteiger partial charge in [0.15, 0.2) is 0 Å².